The van der Waals surface area contributed by atoms with Gasteiger partial charge in [0, 0.05) is 17.6 Å². The maximum atomic E-state index is 6.27. The second-order valence-corrected chi connectivity index (χ2v) is 7.66. The van der Waals surface area contributed by atoms with E-state index in [1.54, 1.807) is 0 Å². The van der Waals surface area contributed by atoms with Gasteiger partial charge in [0.25, 0.3) is 0 Å². The standard InChI is InChI=1S/C18H23ClN2/c1-12-9-13(11-18(2,3)10-12)21-16-7-6-15(19)14-5-4-8-20-17(14)16/h4-8,12-13,21H,9-11H2,1-3H3. The molecule has 2 aromatic rings. The zero-order valence-corrected chi connectivity index (χ0v) is 13.7. The van der Waals surface area contributed by atoms with Crippen molar-refractivity contribution in [2.24, 2.45) is 11.3 Å². The van der Waals surface area contributed by atoms with Gasteiger partial charge < -0.3 is 5.32 Å². The number of aromatic nitrogens is 1. The lowest BCUT2D eigenvalue weighted by molar-refractivity contribution is 0.178. The fourth-order valence-electron chi connectivity index (χ4n) is 3.93. The number of anilines is 1. The van der Waals surface area contributed by atoms with Gasteiger partial charge in [-0.3, -0.25) is 4.98 Å². The Kier molecular flexibility index (Phi) is 3.83. The van der Waals surface area contributed by atoms with E-state index in [2.05, 4.69) is 37.1 Å². The highest BCUT2D eigenvalue weighted by atomic mass is 35.5. The molecule has 2 nitrogen and oxygen atoms in total. The molecule has 0 spiro atoms. The van der Waals surface area contributed by atoms with E-state index < -0.39 is 0 Å². The van der Waals surface area contributed by atoms with Gasteiger partial charge in [0.1, 0.15) is 0 Å². The summed E-state index contributed by atoms with van der Waals surface area (Å²) in [7, 11) is 0. The molecule has 0 amide bonds. The molecular formula is C18H23ClN2. The van der Waals surface area contributed by atoms with Gasteiger partial charge >= 0.3 is 0 Å². The summed E-state index contributed by atoms with van der Waals surface area (Å²) in [6, 6.07) is 8.50. The predicted molar refractivity (Wildman–Crippen MR) is 91.0 cm³/mol. The molecule has 1 saturated carbocycles. The summed E-state index contributed by atoms with van der Waals surface area (Å²) in [5, 5.41) is 5.50. The van der Waals surface area contributed by atoms with Crippen molar-refractivity contribution in [3.8, 4) is 0 Å². The van der Waals surface area contributed by atoms with E-state index in [-0.39, 0.29) is 0 Å². The average Bonchev–Trinajstić information content (AvgIpc) is 2.40. The van der Waals surface area contributed by atoms with Crippen molar-refractivity contribution in [1.82, 2.24) is 4.98 Å². The average molecular weight is 303 g/mol. The summed E-state index contributed by atoms with van der Waals surface area (Å²) < 4.78 is 0. The third-order valence-electron chi connectivity index (χ3n) is 4.46. The summed E-state index contributed by atoms with van der Waals surface area (Å²) >= 11 is 6.27. The normalized spacial score (nSPS) is 25.0. The van der Waals surface area contributed by atoms with Crippen LogP contribution in [-0.2, 0) is 0 Å². The number of nitrogens with one attached hydrogen (secondary N) is 1. The lowest BCUT2D eigenvalue weighted by atomic mass is 9.70. The fourth-order valence-corrected chi connectivity index (χ4v) is 4.15. The van der Waals surface area contributed by atoms with E-state index in [0.29, 0.717) is 11.5 Å². The first-order valence-electron chi connectivity index (χ1n) is 7.74. The second kappa shape index (κ2) is 5.49. The summed E-state index contributed by atoms with van der Waals surface area (Å²) in [6.07, 6.45) is 5.57. The fraction of sp³-hybridized carbons (Fsp3) is 0.500. The highest BCUT2D eigenvalue weighted by molar-refractivity contribution is 6.35. The molecule has 0 saturated heterocycles. The van der Waals surface area contributed by atoms with Gasteiger partial charge in [0.2, 0.25) is 0 Å². The molecule has 21 heavy (non-hydrogen) atoms. The van der Waals surface area contributed by atoms with Crippen LogP contribution in [0.25, 0.3) is 10.9 Å². The Morgan fingerprint density at radius 3 is 2.81 bits per heavy atom. The molecule has 1 aromatic heterocycles. The molecule has 2 atom stereocenters. The molecule has 1 fully saturated rings. The van der Waals surface area contributed by atoms with E-state index in [4.69, 9.17) is 11.6 Å². The molecule has 1 aliphatic carbocycles. The van der Waals surface area contributed by atoms with Gasteiger partial charge in [0.15, 0.2) is 0 Å². The Morgan fingerprint density at radius 1 is 1.24 bits per heavy atom. The van der Waals surface area contributed by atoms with Crippen LogP contribution in [0.1, 0.15) is 40.0 Å². The minimum Gasteiger partial charge on any atom is -0.381 e. The summed E-state index contributed by atoms with van der Waals surface area (Å²) in [6.45, 7) is 7.10. The minimum absolute atomic E-state index is 0.408. The molecule has 1 aromatic carbocycles. The molecule has 1 aliphatic rings. The number of benzene rings is 1. The highest BCUT2D eigenvalue weighted by Crippen LogP contribution is 2.40. The number of pyridine rings is 1. The molecule has 3 heteroatoms. The number of rotatable bonds is 2. The van der Waals surface area contributed by atoms with Crippen LogP contribution < -0.4 is 5.32 Å². The number of fused-ring (bicyclic) bond motifs is 1. The third-order valence-corrected chi connectivity index (χ3v) is 4.79. The number of hydrogen-bond acceptors (Lipinski definition) is 2. The van der Waals surface area contributed by atoms with Crippen LogP contribution in [0.5, 0.6) is 0 Å². The molecule has 1 heterocycles. The largest absolute Gasteiger partial charge is 0.381 e. The van der Waals surface area contributed by atoms with Gasteiger partial charge in [0.05, 0.1) is 16.2 Å². The first kappa shape index (κ1) is 14.6. The second-order valence-electron chi connectivity index (χ2n) is 7.25. The van der Waals surface area contributed by atoms with Crippen molar-refractivity contribution >= 4 is 28.2 Å². The first-order valence-corrected chi connectivity index (χ1v) is 8.12. The monoisotopic (exact) mass is 302 g/mol. The number of halogens is 1. The maximum Gasteiger partial charge on any atom is 0.0948 e. The van der Waals surface area contributed by atoms with E-state index in [1.807, 2.05) is 24.4 Å². The van der Waals surface area contributed by atoms with Crippen LogP contribution in [0.15, 0.2) is 30.5 Å². The molecule has 2 unspecified atom stereocenters. The van der Waals surface area contributed by atoms with Crippen LogP contribution in [0, 0.1) is 11.3 Å². The third kappa shape index (κ3) is 3.16. The summed E-state index contributed by atoms with van der Waals surface area (Å²) in [5.41, 5.74) is 2.48. The van der Waals surface area contributed by atoms with Crippen LogP contribution in [0.3, 0.4) is 0 Å². The smallest absolute Gasteiger partial charge is 0.0948 e. The van der Waals surface area contributed by atoms with Crippen LogP contribution >= 0.6 is 11.6 Å². The van der Waals surface area contributed by atoms with Gasteiger partial charge in [-0.2, -0.15) is 0 Å². The van der Waals surface area contributed by atoms with Gasteiger partial charge in [-0.25, -0.2) is 0 Å². The van der Waals surface area contributed by atoms with Crippen molar-refractivity contribution < 1.29 is 0 Å². The van der Waals surface area contributed by atoms with Crippen molar-refractivity contribution in [2.75, 3.05) is 5.32 Å². The van der Waals surface area contributed by atoms with Gasteiger partial charge in [-0.05, 0) is 54.9 Å². The SMILES string of the molecule is CC1CC(Nc2ccc(Cl)c3cccnc23)CC(C)(C)C1. The first-order chi connectivity index (χ1) is 9.94. The van der Waals surface area contributed by atoms with Crippen LogP contribution in [0.4, 0.5) is 5.69 Å². The Hall–Kier alpha value is -1.28. The lowest BCUT2D eigenvalue weighted by Crippen LogP contribution is -2.35. The van der Waals surface area contributed by atoms with Crippen LogP contribution in [0.2, 0.25) is 5.02 Å². The molecule has 112 valence electrons. The highest BCUT2D eigenvalue weighted by Gasteiger charge is 2.32. The van der Waals surface area contributed by atoms with Crippen LogP contribution in [-0.4, -0.2) is 11.0 Å². The van der Waals surface area contributed by atoms with Crippen molar-refractivity contribution in [3.63, 3.8) is 0 Å². The Morgan fingerprint density at radius 2 is 2.05 bits per heavy atom. The molecule has 0 bridgehead atoms. The van der Waals surface area contributed by atoms with E-state index in [1.165, 1.54) is 19.3 Å². The Labute approximate surface area is 131 Å². The van der Waals surface area contributed by atoms with E-state index in [0.717, 1.165) is 27.5 Å². The summed E-state index contributed by atoms with van der Waals surface area (Å²) in [4.78, 5) is 4.52. The lowest BCUT2D eigenvalue weighted by Gasteiger charge is -2.39. The predicted octanol–water partition coefficient (Wildman–Crippen LogP) is 5.51. The quantitative estimate of drug-likeness (QED) is 0.790. The Bertz CT molecular complexity index is 651. The minimum atomic E-state index is 0.408. The number of hydrogen-bond donors (Lipinski definition) is 1. The van der Waals surface area contributed by atoms with Crippen molar-refractivity contribution in [2.45, 2.75) is 46.1 Å². The summed E-state index contributed by atoms with van der Waals surface area (Å²) in [5.74, 6) is 0.762. The number of nitrogens with zero attached hydrogens (tertiary/aromatic N) is 1. The zero-order chi connectivity index (χ0) is 15.0. The topological polar surface area (TPSA) is 24.9 Å². The van der Waals surface area contributed by atoms with Gasteiger partial charge in [-0.15, -0.1) is 0 Å². The Balaban J connectivity index is 1.90. The molecule has 3 rings (SSSR count). The van der Waals surface area contributed by atoms with E-state index in [9.17, 15) is 0 Å². The van der Waals surface area contributed by atoms with Crippen molar-refractivity contribution in [1.29, 1.82) is 0 Å². The maximum absolute atomic E-state index is 6.27. The van der Waals surface area contributed by atoms with Gasteiger partial charge in [-0.1, -0.05) is 32.4 Å². The zero-order valence-electron chi connectivity index (χ0n) is 13.0. The molecular weight excluding hydrogens is 280 g/mol. The molecule has 1 N–H and O–H groups in total. The molecule has 0 aliphatic heterocycles. The molecule has 0 radical (unpaired) electrons. The van der Waals surface area contributed by atoms with Crippen molar-refractivity contribution in [3.05, 3.63) is 35.5 Å². The van der Waals surface area contributed by atoms with E-state index >= 15 is 0 Å².